The lowest BCUT2D eigenvalue weighted by Crippen LogP contribution is -2.26. The minimum atomic E-state index is -0.298. The highest BCUT2D eigenvalue weighted by Gasteiger charge is 2.31. The van der Waals surface area contributed by atoms with E-state index >= 15 is 0 Å². The summed E-state index contributed by atoms with van der Waals surface area (Å²) in [6.07, 6.45) is 2.28. The number of carbonyl (C=O) groups is 1. The fourth-order valence-electron chi connectivity index (χ4n) is 2.56. The van der Waals surface area contributed by atoms with E-state index in [2.05, 4.69) is 11.7 Å². The van der Waals surface area contributed by atoms with Crippen molar-refractivity contribution in [2.24, 2.45) is 5.92 Å². The van der Waals surface area contributed by atoms with Crippen LogP contribution in [0.3, 0.4) is 0 Å². The van der Waals surface area contributed by atoms with Crippen LogP contribution in [0.5, 0.6) is 0 Å². The molecule has 1 fully saturated rings. The fraction of sp³-hybridized carbons (Fsp3) is 0.250. The fourth-order valence-corrected chi connectivity index (χ4v) is 2.56. The second-order valence-electron chi connectivity index (χ2n) is 5.24. The number of halogens is 1. The molecule has 108 valence electrons. The first-order valence-corrected chi connectivity index (χ1v) is 6.84. The molecule has 1 amide bonds. The van der Waals surface area contributed by atoms with Crippen molar-refractivity contribution in [1.82, 2.24) is 9.78 Å². The molecule has 1 aromatic heterocycles. The molecule has 1 aliphatic rings. The van der Waals surface area contributed by atoms with Gasteiger partial charge in [-0.25, -0.2) is 9.07 Å². The van der Waals surface area contributed by atoms with Gasteiger partial charge >= 0.3 is 0 Å². The highest BCUT2D eigenvalue weighted by Crippen LogP contribution is 2.28. The summed E-state index contributed by atoms with van der Waals surface area (Å²) in [5.74, 6) is 0.638. The standard InChI is InChI=1S/C16H16FN3O/c1-3-12-9-16(21)19(10-12)15-8-11(2)18-20(15)14-6-4-13(17)5-7-14/h3-8,12H,1,9-10H2,2H3. The van der Waals surface area contributed by atoms with Crippen molar-refractivity contribution in [3.8, 4) is 5.69 Å². The molecule has 0 spiro atoms. The Hall–Kier alpha value is -2.43. The van der Waals surface area contributed by atoms with Crippen molar-refractivity contribution in [3.05, 3.63) is 54.5 Å². The number of nitrogens with zero attached hydrogens (tertiary/aromatic N) is 3. The lowest BCUT2D eigenvalue weighted by Gasteiger charge is -2.17. The molecule has 5 heteroatoms. The Morgan fingerprint density at radius 3 is 2.71 bits per heavy atom. The molecule has 1 aromatic carbocycles. The quantitative estimate of drug-likeness (QED) is 0.813. The van der Waals surface area contributed by atoms with E-state index in [1.165, 1.54) is 12.1 Å². The van der Waals surface area contributed by atoms with Crippen LogP contribution in [0, 0.1) is 18.7 Å². The first kappa shape index (κ1) is 13.5. The minimum absolute atomic E-state index is 0.0585. The van der Waals surface area contributed by atoms with Crippen LogP contribution in [0.4, 0.5) is 10.2 Å². The normalized spacial score (nSPS) is 18.3. The third-order valence-electron chi connectivity index (χ3n) is 3.65. The number of aromatic nitrogens is 2. The topological polar surface area (TPSA) is 38.1 Å². The molecule has 2 heterocycles. The smallest absolute Gasteiger partial charge is 0.228 e. The van der Waals surface area contributed by atoms with Crippen LogP contribution >= 0.6 is 0 Å². The lowest BCUT2D eigenvalue weighted by molar-refractivity contribution is -0.117. The molecule has 1 saturated heterocycles. The highest BCUT2D eigenvalue weighted by atomic mass is 19.1. The summed E-state index contributed by atoms with van der Waals surface area (Å²) in [4.78, 5) is 13.9. The van der Waals surface area contributed by atoms with Gasteiger partial charge in [-0.15, -0.1) is 6.58 Å². The lowest BCUT2D eigenvalue weighted by atomic mass is 10.1. The van der Waals surface area contributed by atoms with E-state index in [4.69, 9.17) is 0 Å². The largest absolute Gasteiger partial charge is 0.296 e. The van der Waals surface area contributed by atoms with E-state index in [0.29, 0.717) is 18.8 Å². The molecule has 0 radical (unpaired) electrons. The maximum Gasteiger partial charge on any atom is 0.228 e. The van der Waals surface area contributed by atoms with Gasteiger partial charge in [0.2, 0.25) is 5.91 Å². The van der Waals surface area contributed by atoms with Gasteiger partial charge in [0.25, 0.3) is 0 Å². The number of hydrogen-bond donors (Lipinski definition) is 0. The first-order valence-electron chi connectivity index (χ1n) is 6.84. The molecule has 3 rings (SSSR count). The van der Waals surface area contributed by atoms with Gasteiger partial charge in [-0.3, -0.25) is 9.69 Å². The molecule has 0 saturated carbocycles. The Kier molecular flexibility index (Phi) is 3.33. The molecule has 1 unspecified atom stereocenters. The van der Waals surface area contributed by atoms with Crippen LogP contribution in [-0.4, -0.2) is 22.2 Å². The SMILES string of the molecule is C=CC1CC(=O)N(c2cc(C)nn2-c2ccc(F)cc2)C1. The molecule has 1 atom stereocenters. The third-order valence-corrected chi connectivity index (χ3v) is 3.65. The molecule has 1 aliphatic heterocycles. The Morgan fingerprint density at radius 1 is 1.38 bits per heavy atom. The molecule has 0 aliphatic carbocycles. The average molecular weight is 285 g/mol. The van der Waals surface area contributed by atoms with E-state index in [0.717, 1.165) is 11.4 Å². The Labute approximate surface area is 122 Å². The Balaban J connectivity index is 2.02. The summed E-state index contributed by atoms with van der Waals surface area (Å²) in [7, 11) is 0. The van der Waals surface area contributed by atoms with Gasteiger partial charge in [0.05, 0.1) is 11.4 Å². The predicted molar refractivity (Wildman–Crippen MR) is 78.9 cm³/mol. The van der Waals surface area contributed by atoms with Gasteiger partial charge in [-0.1, -0.05) is 6.08 Å². The summed E-state index contributed by atoms with van der Waals surface area (Å²) in [6.45, 7) is 6.23. The summed E-state index contributed by atoms with van der Waals surface area (Å²) >= 11 is 0. The van der Waals surface area contributed by atoms with E-state index in [1.54, 1.807) is 21.7 Å². The number of amides is 1. The number of aryl methyl sites for hydroxylation is 1. The second kappa shape index (κ2) is 5.16. The molecule has 0 bridgehead atoms. The van der Waals surface area contributed by atoms with Gasteiger partial charge in [0, 0.05) is 24.9 Å². The van der Waals surface area contributed by atoms with E-state index in [-0.39, 0.29) is 17.6 Å². The average Bonchev–Trinajstić information content (AvgIpc) is 3.02. The Bertz CT molecular complexity index is 690. The van der Waals surface area contributed by atoms with E-state index in [1.807, 2.05) is 19.1 Å². The van der Waals surface area contributed by atoms with Crippen LogP contribution in [0.1, 0.15) is 12.1 Å². The van der Waals surface area contributed by atoms with Crippen LogP contribution in [0.25, 0.3) is 5.69 Å². The molecule has 4 nitrogen and oxygen atoms in total. The van der Waals surface area contributed by atoms with Crippen molar-refractivity contribution in [1.29, 1.82) is 0 Å². The zero-order chi connectivity index (χ0) is 15.0. The number of benzene rings is 1. The van der Waals surface area contributed by atoms with Gasteiger partial charge in [-0.2, -0.15) is 5.10 Å². The number of anilines is 1. The van der Waals surface area contributed by atoms with Crippen molar-refractivity contribution >= 4 is 11.7 Å². The molecule has 21 heavy (non-hydrogen) atoms. The summed E-state index contributed by atoms with van der Waals surface area (Å²) in [5, 5.41) is 4.41. The summed E-state index contributed by atoms with van der Waals surface area (Å²) in [6, 6.07) is 7.93. The van der Waals surface area contributed by atoms with Crippen LogP contribution in [0.15, 0.2) is 43.0 Å². The number of rotatable bonds is 3. The molecule has 0 N–H and O–H groups in total. The summed E-state index contributed by atoms with van der Waals surface area (Å²) < 4.78 is 14.7. The van der Waals surface area contributed by atoms with Crippen molar-refractivity contribution in [2.45, 2.75) is 13.3 Å². The van der Waals surface area contributed by atoms with Crippen molar-refractivity contribution in [2.75, 3.05) is 11.4 Å². The monoisotopic (exact) mass is 285 g/mol. The maximum absolute atomic E-state index is 13.1. The zero-order valence-corrected chi connectivity index (χ0v) is 11.8. The van der Waals surface area contributed by atoms with E-state index in [9.17, 15) is 9.18 Å². The number of carbonyl (C=O) groups excluding carboxylic acids is 1. The maximum atomic E-state index is 13.1. The predicted octanol–water partition coefficient (Wildman–Crippen LogP) is 2.86. The second-order valence-corrected chi connectivity index (χ2v) is 5.24. The van der Waals surface area contributed by atoms with Crippen molar-refractivity contribution < 1.29 is 9.18 Å². The van der Waals surface area contributed by atoms with Crippen LogP contribution < -0.4 is 4.90 Å². The molecular formula is C16H16FN3O. The van der Waals surface area contributed by atoms with Gasteiger partial charge in [-0.05, 0) is 31.2 Å². The van der Waals surface area contributed by atoms with Crippen LogP contribution in [0.2, 0.25) is 0 Å². The first-order chi connectivity index (χ1) is 10.1. The van der Waals surface area contributed by atoms with Gasteiger partial charge in [0.15, 0.2) is 0 Å². The van der Waals surface area contributed by atoms with Crippen molar-refractivity contribution in [3.63, 3.8) is 0 Å². The highest BCUT2D eigenvalue weighted by molar-refractivity contribution is 5.95. The van der Waals surface area contributed by atoms with E-state index < -0.39 is 0 Å². The number of hydrogen-bond acceptors (Lipinski definition) is 2. The van der Waals surface area contributed by atoms with Gasteiger partial charge < -0.3 is 0 Å². The summed E-state index contributed by atoms with van der Waals surface area (Å²) in [5.41, 5.74) is 1.54. The zero-order valence-electron chi connectivity index (χ0n) is 11.8. The van der Waals surface area contributed by atoms with Crippen LogP contribution in [-0.2, 0) is 4.79 Å². The molecule has 2 aromatic rings. The van der Waals surface area contributed by atoms with Gasteiger partial charge in [0.1, 0.15) is 11.6 Å². The third kappa shape index (κ3) is 2.46. The minimum Gasteiger partial charge on any atom is -0.296 e. The Morgan fingerprint density at radius 2 is 2.10 bits per heavy atom. The molecular weight excluding hydrogens is 269 g/mol.